The molecule has 0 saturated carbocycles. The molecule has 2 unspecified atom stereocenters. The Labute approximate surface area is 121 Å². The average molecular weight is 300 g/mol. The summed E-state index contributed by atoms with van der Waals surface area (Å²) in [5.74, 6) is 0. The minimum atomic E-state index is -4.35. The first-order chi connectivity index (χ1) is 9.97. The number of fused-ring (bicyclic) bond motifs is 2. The highest BCUT2D eigenvalue weighted by Gasteiger charge is 2.39. The molecule has 2 atom stereocenters. The van der Waals surface area contributed by atoms with Crippen molar-refractivity contribution in [2.24, 2.45) is 5.73 Å². The van der Waals surface area contributed by atoms with E-state index in [1.165, 1.54) is 6.07 Å². The second-order valence-corrected chi connectivity index (χ2v) is 5.75. The Kier molecular flexibility index (Phi) is 3.84. The number of anilines is 1. The van der Waals surface area contributed by atoms with Crippen molar-refractivity contribution in [3.63, 3.8) is 0 Å². The van der Waals surface area contributed by atoms with Crippen LogP contribution in [0.15, 0.2) is 18.2 Å². The minimum absolute atomic E-state index is 0.0635. The third-order valence-electron chi connectivity index (χ3n) is 4.18. The van der Waals surface area contributed by atoms with E-state index in [1.807, 2.05) is 4.90 Å². The lowest BCUT2D eigenvalue weighted by Crippen LogP contribution is -2.43. The van der Waals surface area contributed by atoms with Gasteiger partial charge in [-0.15, -0.1) is 0 Å². The molecule has 0 aromatic heterocycles. The zero-order chi connectivity index (χ0) is 15.0. The smallest absolute Gasteiger partial charge is 0.371 e. The molecule has 2 N–H and O–H groups in total. The second-order valence-electron chi connectivity index (χ2n) is 5.75. The number of rotatable bonds is 3. The number of benzene rings is 1. The van der Waals surface area contributed by atoms with E-state index in [0.717, 1.165) is 12.8 Å². The fourth-order valence-corrected chi connectivity index (χ4v) is 3.22. The van der Waals surface area contributed by atoms with Gasteiger partial charge in [-0.2, -0.15) is 13.2 Å². The van der Waals surface area contributed by atoms with Crippen LogP contribution in [0, 0.1) is 0 Å². The number of morpholine rings is 1. The first kappa shape index (κ1) is 14.7. The van der Waals surface area contributed by atoms with E-state index in [4.69, 9.17) is 10.5 Å². The maximum Gasteiger partial charge on any atom is 0.418 e. The van der Waals surface area contributed by atoms with Gasteiger partial charge in [-0.05, 0) is 43.5 Å². The van der Waals surface area contributed by atoms with Gasteiger partial charge in [0.2, 0.25) is 0 Å². The van der Waals surface area contributed by atoms with Crippen LogP contribution in [-0.2, 0) is 17.3 Å². The largest absolute Gasteiger partial charge is 0.418 e. The Morgan fingerprint density at radius 1 is 1.19 bits per heavy atom. The van der Waals surface area contributed by atoms with Gasteiger partial charge >= 0.3 is 6.18 Å². The number of hydrogen-bond acceptors (Lipinski definition) is 3. The van der Waals surface area contributed by atoms with Gasteiger partial charge in [-0.1, -0.05) is 6.07 Å². The third kappa shape index (κ3) is 3.01. The molecule has 3 nitrogen and oxygen atoms in total. The maximum atomic E-state index is 13.3. The molecule has 0 amide bonds. The summed E-state index contributed by atoms with van der Waals surface area (Å²) < 4.78 is 45.7. The van der Waals surface area contributed by atoms with Crippen LogP contribution in [-0.4, -0.2) is 31.8 Å². The van der Waals surface area contributed by atoms with Crippen molar-refractivity contribution in [2.75, 3.05) is 24.5 Å². The molecule has 0 radical (unpaired) electrons. The van der Waals surface area contributed by atoms with E-state index < -0.39 is 11.7 Å². The molecule has 1 aromatic carbocycles. The van der Waals surface area contributed by atoms with E-state index >= 15 is 0 Å². The summed E-state index contributed by atoms with van der Waals surface area (Å²) >= 11 is 0. The molecule has 2 bridgehead atoms. The molecule has 6 heteroatoms. The number of nitrogens with two attached hydrogens (primary N) is 1. The van der Waals surface area contributed by atoms with Crippen LogP contribution in [0.2, 0.25) is 0 Å². The van der Waals surface area contributed by atoms with E-state index in [-0.39, 0.29) is 17.9 Å². The average Bonchev–Trinajstić information content (AvgIpc) is 2.77. The molecule has 2 heterocycles. The van der Waals surface area contributed by atoms with Crippen LogP contribution in [0.5, 0.6) is 0 Å². The summed E-state index contributed by atoms with van der Waals surface area (Å²) in [6, 6.07) is 4.56. The molecular formula is C15H19F3N2O. The highest BCUT2D eigenvalue weighted by molar-refractivity contribution is 5.57. The van der Waals surface area contributed by atoms with E-state index in [9.17, 15) is 13.2 Å². The van der Waals surface area contributed by atoms with E-state index in [0.29, 0.717) is 31.6 Å². The van der Waals surface area contributed by atoms with Gasteiger partial charge in [0.15, 0.2) is 0 Å². The predicted molar refractivity (Wildman–Crippen MR) is 74.3 cm³/mol. The highest BCUT2D eigenvalue weighted by Crippen LogP contribution is 2.39. The lowest BCUT2D eigenvalue weighted by atomic mass is 10.0. The number of ether oxygens (including phenoxy) is 1. The molecule has 2 aliphatic rings. The van der Waals surface area contributed by atoms with Gasteiger partial charge < -0.3 is 15.4 Å². The van der Waals surface area contributed by atoms with Crippen molar-refractivity contribution in [3.05, 3.63) is 29.3 Å². The van der Waals surface area contributed by atoms with Crippen molar-refractivity contribution < 1.29 is 17.9 Å². The SMILES string of the molecule is NCCc1ccc(N2CC3CCC(C2)O3)c(C(F)(F)F)c1. The van der Waals surface area contributed by atoms with Gasteiger partial charge in [0.05, 0.1) is 17.8 Å². The number of halogens is 3. The Hall–Kier alpha value is -1.27. The molecule has 3 rings (SSSR count). The van der Waals surface area contributed by atoms with Crippen molar-refractivity contribution in [1.29, 1.82) is 0 Å². The topological polar surface area (TPSA) is 38.5 Å². The molecule has 1 aromatic rings. The maximum absolute atomic E-state index is 13.3. The Balaban J connectivity index is 1.93. The van der Waals surface area contributed by atoms with Crippen LogP contribution in [0.25, 0.3) is 0 Å². The predicted octanol–water partition coefficient (Wildman–Crippen LogP) is 2.57. The van der Waals surface area contributed by atoms with Gasteiger partial charge in [0, 0.05) is 18.8 Å². The summed E-state index contributed by atoms with van der Waals surface area (Å²) in [4.78, 5) is 1.82. The lowest BCUT2D eigenvalue weighted by molar-refractivity contribution is -0.137. The van der Waals surface area contributed by atoms with Crippen LogP contribution >= 0.6 is 0 Å². The number of nitrogens with zero attached hydrogens (tertiary/aromatic N) is 1. The van der Waals surface area contributed by atoms with Crippen molar-refractivity contribution >= 4 is 5.69 Å². The first-order valence-corrected chi connectivity index (χ1v) is 7.28. The van der Waals surface area contributed by atoms with Crippen LogP contribution < -0.4 is 10.6 Å². The molecular weight excluding hydrogens is 281 g/mol. The van der Waals surface area contributed by atoms with Crippen molar-refractivity contribution in [1.82, 2.24) is 0 Å². The summed E-state index contributed by atoms with van der Waals surface area (Å²) in [6.45, 7) is 1.42. The normalized spacial score (nSPS) is 25.4. The molecule has 21 heavy (non-hydrogen) atoms. The van der Waals surface area contributed by atoms with Crippen molar-refractivity contribution in [3.8, 4) is 0 Å². The quantitative estimate of drug-likeness (QED) is 0.932. The second kappa shape index (κ2) is 5.50. The standard InChI is InChI=1S/C15H19F3N2O/c16-15(17,18)13-7-10(5-6-19)1-4-14(13)20-8-11-2-3-12(9-20)21-11/h1,4,7,11-12H,2-3,5-6,8-9,19H2. The van der Waals surface area contributed by atoms with Crippen LogP contribution in [0.3, 0.4) is 0 Å². The third-order valence-corrected chi connectivity index (χ3v) is 4.18. The zero-order valence-corrected chi connectivity index (χ0v) is 11.7. The fourth-order valence-electron chi connectivity index (χ4n) is 3.22. The molecule has 0 spiro atoms. The van der Waals surface area contributed by atoms with Gasteiger partial charge in [-0.25, -0.2) is 0 Å². The van der Waals surface area contributed by atoms with Gasteiger partial charge in [-0.3, -0.25) is 0 Å². The highest BCUT2D eigenvalue weighted by atomic mass is 19.4. The molecule has 2 fully saturated rings. The molecule has 116 valence electrons. The zero-order valence-electron chi connectivity index (χ0n) is 11.7. The summed E-state index contributed by atoms with van der Waals surface area (Å²) in [5, 5.41) is 0. The molecule has 2 aliphatic heterocycles. The molecule has 2 saturated heterocycles. The molecule has 0 aliphatic carbocycles. The minimum Gasteiger partial charge on any atom is -0.371 e. The monoisotopic (exact) mass is 300 g/mol. The van der Waals surface area contributed by atoms with Gasteiger partial charge in [0.25, 0.3) is 0 Å². The fraction of sp³-hybridized carbons (Fsp3) is 0.600. The van der Waals surface area contributed by atoms with Gasteiger partial charge in [0.1, 0.15) is 0 Å². The summed E-state index contributed by atoms with van der Waals surface area (Å²) in [5.41, 5.74) is 5.77. The first-order valence-electron chi connectivity index (χ1n) is 7.28. The Morgan fingerprint density at radius 2 is 1.86 bits per heavy atom. The van der Waals surface area contributed by atoms with Crippen LogP contribution in [0.1, 0.15) is 24.0 Å². The summed E-state index contributed by atoms with van der Waals surface area (Å²) in [6.07, 6.45) is -1.89. The number of hydrogen-bond donors (Lipinski definition) is 1. The van der Waals surface area contributed by atoms with E-state index in [2.05, 4.69) is 0 Å². The Bertz CT molecular complexity index is 506. The summed E-state index contributed by atoms with van der Waals surface area (Å²) in [7, 11) is 0. The number of alkyl halides is 3. The van der Waals surface area contributed by atoms with E-state index in [1.54, 1.807) is 12.1 Å². The Morgan fingerprint density at radius 3 is 2.43 bits per heavy atom. The van der Waals surface area contributed by atoms with Crippen molar-refractivity contribution in [2.45, 2.75) is 37.6 Å². The van der Waals surface area contributed by atoms with Crippen LogP contribution in [0.4, 0.5) is 18.9 Å². The lowest BCUT2D eigenvalue weighted by Gasteiger charge is -2.35.